The quantitative estimate of drug-likeness (QED) is 0.768. The smallest absolute Gasteiger partial charge is 0.305 e. The summed E-state index contributed by atoms with van der Waals surface area (Å²) in [4.78, 5) is 16.2. The van der Waals surface area contributed by atoms with Crippen molar-refractivity contribution in [1.29, 1.82) is 0 Å². The number of amidine groups is 1. The van der Waals surface area contributed by atoms with E-state index < -0.39 is 11.7 Å². The highest BCUT2D eigenvalue weighted by Gasteiger charge is 2.36. The number of hydrogen-bond acceptors (Lipinski definition) is 5. The van der Waals surface area contributed by atoms with Crippen LogP contribution in [0.3, 0.4) is 0 Å². The van der Waals surface area contributed by atoms with Crippen LogP contribution in [0.4, 0.5) is 13.2 Å². The second-order valence-corrected chi connectivity index (χ2v) is 5.95. The van der Waals surface area contributed by atoms with E-state index in [0.29, 0.717) is 17.5 Å². The average molecular weight is 330 g/mol. The van der Waals surface area contributed by atoms with Crippen molar-refractivity contribution >= 4 is 22.8 Å². The van der Waals surface area contributed by atoms with Crippen molar-refractivity contribution in [3.8, 4) is 0 Å². The van der Waals surface area contributed by atoms with Crippen molar-refractivity contribution in [3.05, 3.63) is 35.4 Å². The van der Waals surface area contributed by atoms with Crippen LogP contribution >= 0.6 is 11.8 Å². The number of amides is 1. The highest BCUT2D eigenvalue weighted by molar-refractivity contribution is 8.13. The number of benzene rings is 1. The van der Waals surface area contributed by atoms with E-state index in [2.05, 4.69) is 21.2 Å². The molecule has 0 aromatic heterocycles. The van der Waals surface area contributed by atoms with E-state index in [-0.39, 0.29) is 18.0 Å². The second-order valence-electron chi connectivity index (χ2n) is 4.98. The minimum atomic E-state index is -4.33. The number of carbonyl (C=O) groups is 1. The number of halogens is 3. The van der Waals surface area contributed by atoms with Gasteiger partial charge in [0.05, 0.1) is 11.5 Å². The number of hydrazine groups is 1. The van der Waals surface area contributed by atoms with Crippen LogP contribution in [0, 0.1) is 5.92 Å². The highest BCUT2D eigenvalue weighted by atomic mass is 32.2. The van der Waals surface area contributed by atoms with Gasteiger partial charge in [0, 0.05) is 12.3 Å². The maximum Gasteiger partial charge on any atom is 0.416 e. The summed E-state index contributed by atoms with van der Waals surface area (Å²) in [7, 11) is 0. The fourth-order valence-corrected chi connectivity index (χ4v) is 3.07. The number of nitrogens with zero attached hydrogens (tertiary/aromatic N) is 1. The number of hydrogen-bond donors (Lipinski definition) is 3. The zero-order chi connectivity index (χ0) is 15.7. The minimum Gasteiger partial charge on any atom is -0.305 e. The lowest BCUT2D eigenvalue weighted by molar-refractivity contribution is -0.137. The van der Waals surface area contributed by atoms with Crippen LogP contribution in [0.1, 0.15) is 11.1 Å². The third kappa shape index (κ3) is 3.26. The molecule has 22 heavy (non-hydrogen) atoms. The highest BCUT2D eigenvalue weighted by Crippen LogP contribution is 2.29. The van der Waals surface area contributed by atoms with Crippen LogP contribution in [0.2, 0.25) is 0 Å². The van der Waals surface area contributed by atoms with Crippen LogP contribution in [0.5, 0.6) is 0 Å². The molecule has 2 atom stereocenters. The lowest BCUT2D eigenvalue weighted by Crippen LogP contribution is -2.46. The topological polar surface area (TPSA) is 65.5 Å². The molecule has 3 N–H and O–H groups in total. The molecule has 0 bridgehead atoms. The van der Waals surface area contributed by atoms with Gasteiger partial charge in [-0.05, 0) is 17.7 Å². The largest absolute Gasteiger partial charge is 0.416 e. The molecule has 1 saturated heterocycles. The van der Waals surface area contributed by atoms with Gasteiger partial charge in [-0.2, -0.15) is 13.2 Å². The summed E-state index contributed by atoms with van der Waals surface area (Å²) in [6.07, 6.45) is -4.62. The molecule has 1 aromatic rings. The van der Waals surface area contributed by atoms with Gasteiger partial charge in [0.2, 0.25) is 5.91 Å². The molecule has 2 unspecified atom stereocenters. The summed E-state index contributed by atoms with van der Waals surface area (Å²) in [5.74, 6) is 0.102. The van der Waals surface area contributed by atoms with Crippen LogP contribution < -0.4 is 16.2 Å². The number of carbonyl (C=O) groups excluding carboxylic acids is 1. The summed E-state index contributed by atoms with van der Waals surface area (Å²) < 4.78 is 37.4. The van der Waals surface area contributed by atoms with Crippen LogP contribution in [0.25, 0.3) is 0 Å². The van der Waals surface area contributed by atoms with Crippen molar-refractivity contribution in [1.82, 2.24) is 16.2 Å². The molecule has 0 radical (unpaired) electrons. The zero-order valence-corrected chi connectivity index (χ0v) is 12.1. The van der Waals surface area contributed by atoms with E-state index in [1.54, 1.807) is 0 Å². The molecule has 2 aliphatic heterocycles. The van der Waals surface area contributed by atoms with Gasteiger partial charge < -0.3 is 5.32 Å². The van der Waals surface area contributed by atoms with E-state index in [9.17, 15) is 18.0 Å². The molecule has 1 amide bonds. The first-order chi connectivity index (χ1) is 10.4. The minimum absolute atomic E-state index is 0.104. The van der Waals surface area contributed by atoms with Crippen molar-refractivity contribution in [3.63, 3.8) is 0 Å². The lowest BCUT2D eigenvalue weighted by atomic mass is 10.1. The van der Waals surface area contributed by atoms with Crippen molar-refractivity contribution in [2.45, 2.75) is 18.1 Å². The normalized spacial score (nSPS) is 24.7. The monoisotopic (exact) mass is 330 g/mol. The maximum absolute atomic E-state index is 12.5. The Morgan fingerprint density at radius 2 is 2.00 bits per heavy atom. The van der Waals surface area contributed by atoms with E-state index in [0.717, 1.165) is 17.7 Å². The van der Waals surface area contributed by atoms with Crippen LogP contribution in [-0.4, -0.2) is 23.8 Å². The molecule has 0 saturated carbocycles. The molecule has 9 heteroatoms. The van der Waals surface area contributed by atoms with Gasteiger partial charge in [-0.25, -0.2) is 10.4 Å². The van der Waals surface area contributed by atoms with E-state index in [4.69, 9.17) is 0 Å². The van der Waals surface area contributed by atoms with Crippen molar-refractivity contribution < 1.29 is 18.0 Å². The SMILES string of the molecule is O=C1NC(SCc2ccc(C(F)(F)F)cc2)=NC2NNCC12. The van der Waals surface area contributed by atoms with Gasteiger partial charge in [0.25, 0.3) is 0 Å². The van der Waals surface area contributed by atoms with Crippen LogP contribution in [-0.2, 0) is 16.7 Å². The number of alkyl halides is 3. The van der Waals surface area contributed by atoms with Crippen molar-refractivity contribution in [2.24, 2.45) is 10.9 Å². The molecule has 2 heterocycles. The predicted octanol–water partition coefficient (Wildman–Crippen LogP) is 1.47. The fraction of sp³-hybridized carbons (Fsp3) is 0.385. The van der Waals surface area contributed by atoms with Gasteiger partial charge in [0.1, 0.15) is 6.17 Å². The van der Waals surface area contributed by atoms with Gasteiger partial charge in [-0.1, -0.05) is 23.9 Å². The Balaban J connectivity index is 1.62. The summed E-state index contributed by atoms with van der Waals surface area (Å²) in [5.41, 5.74) is 5.84. The van der Waals surface area contributed by atoms with Gasteiger partial charge in [-0.15, -0.1) is 0 Å². The summed E-state index contributed by atoms with van der Waals surface area (Å²) in [5, 5.41) is 3.18. The molecule has 1 aromatic carbocycles. The molecule has 5 nitrogen and oxygen atoms in total. The molecule has 2 aliphatic rings. The van der Waals surface area contributed by atoms with E-state index in [1.807, 2.05) is 0 Å². The number of aliphatic imine (C=N–C) groups is 1. The predicted molar refractivity (Wildman–Crippen MR) is 76.7 cm³/mol. The molecule has 0 spiro atoms. The molecular weight excluding hydrogens is 317 g/mol. The Labute approximate surface area is 128 Å². The Morgan fingerprint density at radius 1 is 1.27 bits per heavy atom. The number of nitrogens with one attached hydrogen (secondary N) is 3. The Morgan fingerprint density at radius 3 is 2.68 bits per heavy atom. The zero-order valence-electron chi connectivity index (χ0n) is 11.3. The van der Waals surface area contributed by atoms with Crippen molar-refractivity contribution in [2.75, 3.05) is 6.54 Å². The molecule has 3 rings (SSSR count). The fourth-order valence-electron chi connectivity index (χ4n) is 2.22. The second kappa shape index (κ2) is 5.90. The van der Waals surface area contributed by atoms with E-state index >= 15 is 0 Å². The summed E-state index contributed by atoms with van der Waals surface area (Å²) >= 11 is 1.29. The molecular formula is C13H13F3N4OS. The number of rotatable bonds is 2. The first-order valence-electron chi connectivity index (χ1n) is 6.59. The first-order valence-corrected chi connectivity index (χ1v) is 7.58. The Kier molecular flexibility index (Phi) is 4.11. The Hall–Kier alpha value is -1.58. The summed E-state index contributed by atoms with van der Waals surface area (Å²) in [6, 6.07) is 4.96. The van der Waals surface area contributed by atoms with Gasteiger partial charge in [0.15, 0.2) is 5.17 Å². The third-order valence-corrected chi connectivity index (χ3v) is 4.39. The number of fused-ring (bicyclic) bond motifs is 1. The average Bonchev–Trinajstić information content (AvgIpc) is 2.93. The number of thioether (sulfide) groups is 1. The van der Waals surface area contributed by atoms with E-state index in [1.165, 1.54) is 23.9 Å². The van der Waals surface area contributed by atoms with Gasteiger partial charge in [-0.3, -0.25) is 10.2 Å². The van der Waals surface area contributed by atoms with Gasteiger partial charge >= 0.3 is 6.18 Å². The third-order valence-electron chi connectivity index (χ3n) is 3.43. The molecule has 1 fully saturated rings. The summed E-state index contributed by atoms with van der Waals surface area (Å²) in [6.45, 7) is 0.525. The molecule has 118 valence electrons. The van der Waals surface area contributed by atoms with Crippen LogP contribution in [0.15, 0.2) is 29.3 Å². The first kappa shape index (κ1) is 15.3. The Bertz CT molecular complexity index is 602. The standard InChI is InChI=1S/C13H13F3N4OS/c14-13(15,16)8-3-1-7(2-4-8)6-22-12-18-10-9(5-17-20-10)11(21)19-12/h1-4,9-10,17,20H,5-6H2,(H,18,19,21). The lowest BCUT2D eigenvalue weighted by Gasteiger charge is -2.22. The molecule has 0 aliphatic carbocycles. The maximum atomic E-state index is 12.5.